The van der Waals surface area contributed by atoms with Crippen LogP contribution in [0.1, 0.15) is 20.3 Å². The lowest BCUT2D eigenvalue weighted by Gasteiger charge is -2.26. The van der Waals surface area contributed by atoms with Gasteiger partial charge in [-0.2, -0.15) is 0 Å². The van der Waals surface area contributed by atoms with Gasteiger partial charge in [0.15, 0.2) is 11.7 Å². The van der Waals surface area contributed by atoms with Crippen molar-refractivity contribution in [3.8, 4) is 0 Å². The first-order valence-corrected chi connectivity index (χ1v) is 8.16. The molecule has 0 bridgehead atoms. The number of rotatable bonds is 8. The van der Waals surface area contributed by atoms with Crippen molar-refractivity contribution >= 4 is 40.7 Å². The summed E-state index contributed by atoms with van der Waals surface area (Å²) in [5.41, 5.74) is 0. The first-order valence-electron chi connectivity index (χ1n) is 7.19. The lowest BCUT2D eigenvalue weighted by atomic mass is 9.83. The molecule has 1 heterocycles. The molecule has 1 aliphatic rings. The number of carbonyl (C=O) groups excluding carboxylic acids is 3. The lowest BCUT2D eigenvalue weighted by molar-refractivity contribution is -0.144. The van der Waals surface area contributed by atoms with Gasteiger partial charge in [-0.1, -0.05) is 13.8 Å². The van der Waals surface area contributed by atoms with Gasteiger partial charge in [0.25, 0.3) is 0 Å². The molecule has 0 saturated heterocycles. The third-order valence-electron chi connectivity index (χ3n) is 3.86. The summed E-state index contributed by atoms with van der Waals surface area (Å²) >= 11 is 11.8. The quantitative estimate of drug-likeness (QED) is 0.524. The highest BCUT2D eigenvalue weighted by molar-refractivity contribution is 6.28. The fraction of sp³-hybridized carbons (Fsp3) is 0.667. The molecule has 0 aromatic carbocycles. The van der Waals surface area contributed by atoms with Crippen LogP contribution in [0.2, 0.25) is 0 Å². The summed E-state index contributed by atoms with van der Waals surface area (Å²) in [5.74, 6) is -3.84. The van der Waals surface area contributed by atoms with Crippen LogP contribution < -0.4 is 5.32 Å². The summed E-state index contributed by atoms with van der Waals surface area (Å²) < 4.78 is 9.84. The van der Waals surface area contributed by atoms with Gasteiger partial charge in [-0.05, 0) is 12.3 Å². The van der Waals surface area contributed by atoms with Crippen LogP contribution in [0.4, 0.5) is 0 Å². The predicted octanol–water partition coefficient (Wildman–Crippen LogP) is 1.84. The molecule has 0 aromatic heterocycles. The van der Waals surface area contributed by atoms with Crippen molar-refractivity contribution in [2.75, 3.05) is 20.1 Å². The zero-order valence-electron chi connectivity index (χ0n) is 13.5. The number of ether oxygens (including phenoxy) is 2. The number of hydrogen-bond acceptors (Lipinski definition) is 5. The molecule has 1 aliphatic heterocycles. The van der Waals surface area contributed by atoms with Crippen LogP contribution in [0.15, 0.2) is 11.6 Å². The Hall–Kier alpha value is -1.27. The van der Waals surface area contributed by atoms with Gasteiger partial charge in [-0.3, -0.25) is 19.7 Å². The molecule has 0 aromatic rings. The highest BCUT2D eigenvalue weighted by atomic mass is 35.5. The molecule has 0 fully saturated rings. The van der Waals surface area contributed by atoms with Crippen molar-refractivity contribution in [3.63, 3.8) is 0 Å². The van der Waals surface area contributed by atoms with E-state index in [4.69, 9.17) is 32.7 Å². The van der Waals surface area contributed by atoms with Crippen LogP contribution in [0.25, 0.3) is 0 Å². The van der Waals surface area contributed by atoms with Crippen LogP contribution >= 0.6 is 23.2 Å². The van der Waals surface area contributed by atoms with Gasteiger partial charge in [0.05, 0.1) is 14.2 Å². The Kier molecular flexibility index (Phi) is 7.35. The molecule has 6 nitrogen and oxygen atoms in total. The number of allylic oxidation sites excluding steroid dienone is 1. The van der Waals surface area contributed by atoms with Gasteiger partial charge < -0.3 is 9.47 Å². The van der Waals surface area contributed by atoms with Gasteiger partial charge >= 0.3 is 0 Å². The topological polar surface area (TPSA) is 81.7 Å². The molecule has 8 heteroatoms. The third-order valence-corrected chi connectivity index (χ3v) is 4.93. The number of nitrogens with one attached hydrogen (secondary N) is 1. The molecule has 0 saturated carbocycles. The summed E-state index contributed by atoms with van der Waals surface area (Å²) in [4.78, 5) is 37.0. The van der Waals surface area contributed by atoms with E-state index in [-0.39, 0.29) is 28.8 Å². The van der Waals surface area contributed by atoms with Gasteiger partial charge in [0.1, 0.15) is 0 Å². The number of halogens is 2. The highest BCUT2D eigenvalue weighted by Crippen LogP contribution is 2.26. The maximum Gasteiger partial charge on any atom is 0.245 e. The molecular formula is C15H21Cl2NO5. The van der Waals surface area contributed by atoms with E-state index in [0.29, 0.717) is 6.42 Å². The van der Waals surface area contributed by atoms with E-state index in [1.54, 1.807) is 6.92 Å². The van der Waals surface area contributed by atoms with E-state index < -0.39 is 29.3 Å². The Balaban J connectivity index is 2.93. The summed E-state index contributed by atoms with van der Waals surface area (Å²) in [7, 11) is 2.57. The molecule has 1 rings (SSSR count). The lowest BCUT2D eigenvalue weighted by Crippen LogP contribution is -2.48. The molecule has 1 N–H and O–H groups in total. The van der Waals surface area contributed by atoms with Crippen LogP contribution in [-0.2, 0) is 23.9 Å². The smallest absolute Gasteiger partial charge is 0.245 e. The van der Waals surface area contributed by atoms with E-state index in [9.17, 15) is 14.4 Å². The first kappa shape index (κ1) is 19.8. The standard InChI is InChI=1S/C15H21Cl2NO5/c1-7(9(17)6-16)5-8(2)11(19)10-12(20)13(22-3)15(23-4)18-14(10)21/h7-10H,5-6H2,1-4H3,(H,18,21)/t7-,8-,9-,10?/m0/s1. The Morgan fingerprint density at radius 2 is 1.87 bits per heavy atom. The molecule has 0 radical (unpaired) electrons. The van der Waals surface area contributed by atoms with E-state index in [2.05, 4.69) is 5.32 Å². The minimum absolute atomic E-state index is 0.0261. The molecule has 0 aliphatic carbocycles. The van der Waals surface area contributed by atoms with Crippen molar-refractivity contribution in [2.45, 2.75) is 25.6 Å². The number of Topliss-reactive ketones (excluding diaryl/α,β-unsaturated/α-hetero) is 2. The first-order chi connectivity index (χ1) is 10.8. The monoisotopic (exact) mass is 365 g/mol. The second-order valence-electron chi connectivity index (χ2n) is 5.54. The SMILES string of the molecule is COC1=C(OC)C(=O)C(C(=O)[C@@H](C)C[C@H](C)[C@@H](Cl)CCl)C(=O)N1. The van der Waals surface area contributed by atoms with Crippen molar-refractivity contribution in [2.24, 2.45) is 17.8 Å². The number of hydrogen-bond donors (Lipinski definition) is 1. The molecule has 130 valence electrons. The van der Waals surface area contributed by atoms with E-state index >= 15 is 0 Å². The number of ketones is 2. The van der Waals surface area contributed by atoms with Crippen LogP contribution in [0.5, 0.6) is 0 Å². The summed E-state index contributed by atoms with van der Waals surface area (Å²) in [6.45, 7) is 3.54. The Labute approximate surface area is 145 Å². The maximum absolute atomic E-state index is 12.5. The Morgan fingerprint density at radius 3 is 2.35 bits per heavy atom. The second kappa shape index (κ2) is 8.55. The summed E-state index contributed by atoms with van der Waals surface area (Å²) in [5, 5.41) is 2.09. The van der Waals surface area contributed by atoms with Crippen molar-refractivity contribution in [1.29, 1.82) is 0 Å². The fourth-order valence-electron chi connectivity index (χ4n) is 2.46. The van der Waals surface area contributed by atoms with E-state index in [1.807, 2.05) is 6.92 Å². The second-order valence-corrected chi connectivity index (χ2v) is 6.41. The zero-order chi connectivity index (χ0) is 17.7. The largest absolute Gasteiger partial charge is 0.489 e. The van der Waals surface area contributed by atoms with E-state index in [0.717, 1.165) is 0 Å². The summed E-state index contributed by atoms with van der Waals surface area (Å²) in [6.07, 6.45) is 0.431. The molecule has 1 amide bonds. The van der Waals surface area contributed by atoms with Gasteiger partial charge in [-0.25, -0.2) is 0 Å². The minimum atomic E-state index is -1.43. The van der Waals surface area contributed by atoms with Gasteiger partial charge in [-0.15, -0.1) is 23.2 Å². The van der Waals surface area contributed by atoms with Crippen LogP contribution in [0, 0.1) is 17.8 Å². The number of alkyl halides is 2. The van der Waals surface area contributed by atoms with Crippen LogP contribution in [-0.4, -0.2) is 43.0 Å². The zero-order valence-corrected chi connectivity index (χ0v) is 15.0. The van der Waals surface area contributed by atoms with Gasteiger partial charge in [0.2, 0.25) is 23.3 Å². The van der Waals surface area contributed by atoms with Crippen molar-refractivity contribution in [3.05, 3.63) is 11.6 Å². The normalized spacial score (nSPS) is 22.3. The van der Waals surface area contributed by atoms with Crippen molar-refractivity contribution in [1.82, 2.24) is 5.32 Å². The average molecular weight is 366 g/mol. The molecule has 1 unspecified atom stereocenters. The predicted molar refractivity (Wildman–Crippen MR) is 86.0 cm³/mol. The average Bonchev–Trinajstić information content (AvgIpc) is 2.52. The Morgan fingerprint density at radius 1 is 1.26 bits per heavy atom. The highest BCUT2D eigenvalue weighted by Gasteiger charge is 2.44. The summed E-state index contributed by atoms with van der Waals surface area (Å²) in [6, 6.07) is 0. The van der Waals surface area contributed by atoms with Gasteiger partial charge in [0, 0.05) is 17.2 Å². The van der Waals surface area contributed by atoms with E-state index in [1.165, 1.54) is 14.2 Å². The van der Waals surface area contributed by atoms with Crippen LogP contribution in [0.3, 0.4) is 0 Å². The molecule has 0 spiro atoms. The number of amides is 1. The Bertz CT molecular complexity index is 520. The molecule has 23 heavy (non-hydrogen) atoms. The fourth-order valence-corrected chi connectivity index (χ4v) is 2.86. The molecular weight excluding hydrogens is 345 g/mol. The third kappa shape index (κ3) is 4.38. The van der Waals surface area contributed by atoms with Crippen molar-refractivity contribution < 1.29 is 23.9 Å². The number of methoxy groups -OCH3 is 2. The minimum Gasteiger partial charge on any atom is -0.489 e. The maximum atomic E-state index is 12.5. The molecule has 4 atom stereocenters. The number of carbonyl (C=O) groups is 3.